The Balaban J connectivity index is 1.64. The molecule has 0 spiro atoms. The fourth-order valence-corrected chi connectivity index (χ4v) is 4.64. The smallest absolute Gasteiger partial charge is 0.258 e. The van der Waals surface area contributed by atoms with Crippen LogP contribution in [-0.2, 0) is 16.4 Å². The molecule has 0 saturated heterocycles. The van der Waals surface area contributed by atoms with Gasteiger partial charge in [0.15, 0.2) is 0 Å². The van der Waals surface area contributed by atoms with Gasteiger partial charge in [-0.25, -0.2) is 17.5 Å². The lowest BCUT2D eigenvalue weighted by Crippen LogP contribution is -2.26. The van der Waals surface area contributed by atoms with E-state index in [9.17, 15) is 17.6 Å². The van der Waals surface area contributed by atoms with E-state index in [0.29, 0.717) is 28.4 Å². The fourth-order valence-electron chi connectivity index (χ4n) is 3.40. The number of amides is 1. The molecule has 3 aromatic rings. The molecule has 0 bridgehead atoms. The fraction of sp³-hybridized carbons (Fsp3) is 0.150. The van der Waals surface area contributed by atoms with E-state index in [1.807, 2.05) is 0 Å². The van der Waals surface area contributed by atoms with Crippen molar-refractivity contribution in [3.8, 4) is 0 Å². The zero-order chi connectivity index (χ0) is 19.2. The van der Waals surface area contributed by atoms with Crippen LogP contribution in [0.25, 0.3) is 10.8 Å². The van der Waals surface area contributed by atoms with Crippen molar-refractivity contribution >= 4 is 32.4 Å². The number of rotatable bonds is 5. The minimum absolute atomic E-state index is 0.144. The van der Waals surface area contributed by atoms with Crippen molar-refractivity contribution in [1.29, 1.82) is 0 Å². The molecule has 1 amide bonds. The largest absolute Gasteiger partial charge is 0.311 e. The summed E-state index contributed by atoms with van der Waals surface area (Å²) in [5.74, 6) is -0.471. The Morgan fingerprint density at radius 1 is 1.04 bits per heavy atom. The third kappa shape index (κ3) is 2.98. The van der Waals surface area contributed by atoms with Crippen LogP contribution in [0.4, 0.5) is 10.1 Å². The van der Waals surface area contributed by atoms with Crippen LogP contribution in [0.15, 0.2) is 59.5 Å². The molecule has 4 rings (SSSR count). The topological polar surface area (TPSA) is 66.5 Å². The van der Waals surface area contributed by atoms with E-state index < -0.39 is 10.0 Å². The molecule has 1 heterocycles. The van der Waals surface area contributed by atoms with Gasteiger partial charge in [0.25, 0.3) is 5.91 Å². The molecular weight excluding hydrogens is 367 g/mol. The Kier molecular flexibility index (Phi) is 4.20. The van der Waals surface area contributed by atoms with E-state index >= 15 is 0 Å². The van der Waals surface area contributed by atoms with Crippen molar-refractivity contribution in [3.05, 3.63) is 71.5 Å². The first-order valence-electron chi connectivity index (χ1n) is 8.46. The van der Waals surface area contributed by atoms with Crippen LogP contribution in [0.1, 0.15) is 15.9 Å². The number of anilines is 1. The second-order valence-electron chi connectivity index (χ2n) is 6.45. The molecular formula is C20H17FN2O3S. The zero-order valence-electron chi connectivity index (χ0n) is 14.6. The third-order valence-electron chi connectivity index (χ3n) is 4.78. The van der Waals surface area contributed by atoms with Crippen LogP contribution < -0.4 is 9.62 Å². The van der Waals surface area contributed by atoms with E-state index in [1.54, 1.807) is 43.4 Å². The van der Waals surface area contributed by atoms with E-state index in [0.717, 1.165) is 5.56 Å². The minimum Gasteiger partial charge on any atom is -0.311 e. The molecule has 27 heavy (non-hydrogen) atoms. The normalized spacial score (nSPS) is 13.6. The summed E-state index contributed by atoms with van der Waals surface area (Å²) >= 11 is 0. The quantitative estimate of drug-likeness (QED) is 0.735. The average molecular weight is 384 g/mol. The number of hydrogen-bond donors (Lipinski definition) is 1. The molecule has 0 atom stereocenters. The molecule has 3 aromatic carbocycles. The van der Waals surface area contributed by atoms with Crippen LogP contribution >= 0.6 is 0 Å². The maximum absolute atomic E-state index is 13.0. The summed E-state index contributed by atoms with van der Waals surface area (Å²) in [7, 11) is -2.09. The highest BCUT2D eigenvalue weighted by molar-refractivity contribution is 7.89. The maximum atomic E-state index is 13.0. The minimum atomic E-state index is -3.76. The molecule has 0 aromatic heterocycles. The predicted octanol–water partition coefficient (Wildman–Crippen LogP) is 3.09. The number of carbonyl (C=O) groups excluding carboxylic acids is 1. The van der Waals surface area contributed by atoms with Gasteiger partial charge in [-0.05, 0) is 42.3 Å². The highest BCUT2D eigenvalue weighted by Crippen LogP contribution is 2.39. The van der Waals surface area contributed by atoms with E-state index in [4.69, 9.17) is 0 Å². The molecule has 0 aliphatic carbocycles. The molecule has 1 aliphatic rings. The number of nitrogens with one attached hydrogen (secondary N) is 1. The van der Waals surface area contributed by atoms with Crippen LogP contribution in [0, 0.1) is 5.82 Å². The van der Waals surface area contributed by atoms with Crippen LogP contribution in [0.3, 0.4) is 0 Å². The number of hydrogen-bond acceptors (Lipinski definition) is 3. The van der Waals surface area contributed by atoms with Gasteiger partial charge >= 0.3 is 0 Å². The van der Waals surface area contributed by atoms with E-state index in [-0.39, 0.29) is 23.2 Å². The van der Waals surface area contributed by atoms with E-state index in [1.165, 1.54) is 23.1 Å². The maximum Gasteiger partial charge on any atom is 0.258 e. The lowest BCUT2D eigenvalue weighted by atomic mass is 10.1. The summed E-state index contributed by atoms with van der Waals surface area (Å²) < 4.78 is 41.2. The number of nitrogens with zero attached hydrogens (tertiary/aromatic N) is 1. The Morgan fingerprint density at radius 2 is 1.78 bits per heavy atom. The highest BCUT2D eigenvalue weighted by Gasteiger charge is 2.29. The molecule has 0 unspecified atom stereocenters. The monoisotopic (exact) mass is 384 g/mol. The van der Waals surface area contributed by atoms with Crippen molar-refractivity contribution in [2.24, 2.45) is 0 Å². The first-order chi connectivity index (χ1) is 12.9. The van der Waals surface area contributed by atoms with Crippen LogP contribution in [-0.4, -0.2) is 27.9 Å². The zero-order valence-corrected chi connectivity index (χ0v) is 15.4. The van der Waals surface area contributed by atoms with Gasteiger partial charge < -0.3 is 4.90 Å². The van der Waals surface area contributed by atoms with Crippen LogP contribution in [0.5, 0.6) is 0 Å². The second kappa shape index (κ2) is 6.44. The molecule has 5 nitrogen and oxygen atoms in total. The van der Waals surface area contributed by atoms with Gasteiger partial charge in [0.1, 0.15) is 5.82 Å². The Labute approximate surface area is 156 Å². The van der Waals surface area contributed by atoms with Crippen LogP contribution in [0.2, 0.25) is 0 Å². The second-order valence-corrected chi connectivity index (χ2v) is 8.18. The van der Waals surface area contributed by atoms with Crippen molar-refractivity contribution < 1.29 is 17.6 Å². The first-order valence-corrected chi connectivity index (χ1v) is 9.95. The lowest BCUT2D eigenvalue weighted by Gasteiger charge is -2.13. The van der Waals surface area contributed by atoms with Crippen molar-refractivity contribution in [2.75, 3.05) is 18.5 Å². The van der Waals surface area contributed by atoms with Crippen molar-refractivity contribution in [1.82, 2.24) is 4.72 Å². The molecule has 138 valence electrons. The number of halogens is 1. The summed E-state index contributed by atoms with van der Waals surface area (Å²) in [6, 6.07) is 14.2. The highest BCUT2D eigenvalue weighted by atomic mass is 32.2. The summed E-state index contributed by atoms with van der Waals surface area (Å²) in [6.07, 6.45) is 0.446. The predicted molar refractivity (Wildman–Crippen MR) is 102 cm³/mol. The third-order valence-corrected chi connectivity index (χ3v) is 6.30. The van der Waals surface area contributed by atoms with Gasteiger partial charge in [-0.2, -0.15) is 0 Å². The Hall–Kier alpha value is -2.77. The lowest BCUT2D eigenvalue weighted by molar-refractivity contribution is 0.0999. The standard InChI is InChI=1S/C20H17FN2O3S/c1-23-17-9-10-18(15-3-2-4-16(19(15)17)20(23)24)27(25,26)22-12-11-13-5-7-14(21)8-6-13/h2-10,22H,11-12H2,1H3. The van der Waals surface area contributed by atoms with Gasteiger partial charge in [-0.3, -0.25) is 4.79 Å². The van der Waals surface area contributed by atoms with Gasteiger partial charge in [0.2, 0.25) is 10.0 Å². The molecule has 0 fully saturated rings. The van der Waals surface area contributed by atoms with Gasteiger partial charge in [0, 0.05) is 29.9 Å². The first kappa shape index (κ1) is 17.6. The van der Waals surface area contributed by atoms with Gasteiger partial charge in [-0.15, -0.1) is 0 Å². The Bertz CT molecular complexity index is 1160. The number of sulfonamides is 1. The van der Waals surface area contributed by atoms with Crippen molar-refractivity contribution in [2.45, 2.75) is 11.3 Å². The van der Waals surface area contributed by atoms with Gasteiger partial charge in [0.05, 0.1) is 10.6 Å². The summed E-state index contributed by atoms with van der Waals surface area (Å²) in [4.78, 5) is 14.0. The van der Waals surface area contributed by atoms with E-state index in [2.05, 4.69) is 4.72 Å². The van der Waals surface area contributed by atoms with Crippen molar-refractivity contribution in [3.63, 3.8) is 0 Å². The number of carbonyl (C=O) groups is 1. The molecule has 0 saturated carbocycles. The molecule has 0 radical (unpaired) electrons. The number of benzene rings is 3. The SMILES string of the molecule is CN1C(=O)c2cccc3c(S(=O)(=O)NCCc4ccc(F)cc4)ccc1c23. The average Bonchev–Trinajstić information content (AvgIpc) is 2.90. The summed E-state index contributed by atoms with van der Waals surface area (Å²) in [6.45, 7) is 0.190. The molecule has 1 aliphatic heterocycles. The van der Waals surface area contributed by atoms with Gasteiger partial charge in [-0.1, -0.05) is 24.3 Å². The molecule has 1 N–H and O–H groups in total. The Morgan fingerprint density at radius 3 is 2.52 bits per heavy atom. The summed E-state index contributed by atoms with van der Waals surface area (Å²) in [5, 5.41) is 1.18. The molecule has 7 heteroatoms. The summed E-state index contributed by atoms with van der Waals surface area (Å²) in [5.41, 5.74) is 2.05.